The van der Waals surface area contributed by atoms with Gasteiger partial charge in [-0.15, -0.1) is 0 Å². The van der Waals surface area contributed by atoms with Gasteiger partial charge in [0.15, 0.2) is 0 Å². The molecule has 0 fully saturated rings. The van der Waals surface area contributed by atoms with E-state index >= 15 is 0 Å². The largest absolute Gasteiger partial charge is 0.545 e. The molecule has 4 rings (SSSR count). The zero-order valence-electron chi connectivity index (χ0n) is 15.8. The van der Waals surface area contributed by atoms with E-state index in [0.717, 1.165) is 5.56 Å². The van der Waals surface area contributed by atoms with Gasteiger partial charge in [-0.3, -0.25) is 4.79 Å². The second-order valence-electron chi connectivity index (χ2n) is 6.51. The fourth-order valence-electron chi connectivity index (χ4n) is 3.14. The van der Waals surface area contributed by atoms with E-state index in [1.165, 1.54) is 12.3 Å². The molecule has 0 aliphatic rings. The maximum absolute atomic E-state index is 12.9. The summed E-state index contributed by atoms with van der Waals surface area (Å²) >= 11 is 0. The number of rotatable bonds is 5. The molecule has 146 valence electrons. The molecule has 0 atom stereocenters. The Hall–Kier alpha value is -4.32. The van der Waals surface area contributed by atoms with Crippen molar-refractivity contribution in [1.82, 2.24) is 10.4 Å². The highest BCUT2D eigenvalue weighted by molar-refractivity contribution is 6.07. The van der Waals surface area contributed by atoms with Crippen molar-refractivity contribution in [3.05, 3.63) is 102 Å². The second kappa shape index (κ2) is 8.36. The minimum atomic E-state index is -1.31. The van der Waals surface area contributed by atoms with E-state index in [-0.39, 0.29) is 5.56 Å². The number of carbonyl (C=O) groups is 2. The van der Waals surface area contributed by atoms with Crippen molar-refractivity contribution in [1.29, 1.82) is 0 Å². The van der Waals surface area contributed by atoms with Crippen molar-refractivity contribution in [3.8, 4) is 11.3 Å². The van der Waals surface area contributed by atoms with Crippen LogP contribution in [-0.2, 0) is 0 Å². The summed E-state index contributed by atoms with van der Waals surface area (Å²) in [5.74, 6) is -1.73. The number of nitrogens with zero attached hydrogens (tertiary/aromatic N) is 2. The molecule has 0 radical (unpaired) electrons. The van der Waals surface area contributed by atoms with Crippen LogP contribution in [0.15, 0.2) is 90.0 Å². The van der Waals surface area contributed by atoms with Gasteiger partial charge in [0.2, 0.25) is 0 Å². The summed E-state index contributed by atoms with van der Waals surface area (Å²) in [6.07, 6.45) is 1.28. The molecular formula is C24H16N3O3-. The molecule has 1 amide bonds. The lowest BCUT2D eigenvalue weighted by Crippen LogP contribution is -2.24. The number of fused-ring (bicyclic) bond motifs is 1. The summed E-state index contributed by atoms with van der Waals surface area (Å²) in [7, 11) is 0. The van der Waals surface area contributed by atoms with E-state index in [2.05, 4.69) is 15.5 Å². The number of nitrogens with one attached hydrogen (secondary N) is 1. The molecule has 0 saturated carbocycles. The number of hydrazone groups is 1. The number of carboxylic acids is 1. The first-order valence-corrected chi connectivity index (χ1v) is 9.22. The average molecular weight is 394 g/mol. The van der Waals surface area contributed by atoms with Gasteiger partial charge < -0.3 is 9.90 Å². The van der Waals surface area contributed by atoms with Crippen LogP contribution < -0.4 is 10.5 Å². The molecule has 0 aliphatic heterocycles. The van der Waals surface area contributed by atoms with E-state index in [0.29, 0.717) is 27.7 Å². The zero-order valence-corrected chi connectivity index (χ0v) is 15.8. The third-order valence-electron chi connectivity index (χ3n) is 4.58. The van der Waals surface area contributed by atoms with Gasteiger partial charge in [-0.2, -0.15) is 5.10 Å². The first kappa shape index (κ1) is 19.0. The van der Waals surface area contributed by atoms with Crippen LogP contribution in [0.5, 0.6) is 0 Å². The maximum Gasteiger partial charge on any atom is 0.272 e. The smallest absolute Gasteiger partial charge is 0.272 e. The van der Waals surface area contributed by atoms with Gasteiger partial charge in [0, 0.05) is 22.1 Å². The standard InChI is InChI=1S/C24H17N3O3/c28-23(27-25-15-17-10-4-5-11-18(17)24(29)30)20-14-22(16-8-2-1-3-9-16)26-21-13-7-6-12-19(20)21/h1-15H,(H,27,28)(H,29,30)/p-1. The van der Waals surface area contributed by atoms with E-state index in [4.69, 9.17) is 0 Å². The first-order valence-electron chi connectivity index (χ1n) is 9.22. The van der Waals surface area contributed by atoms with Crippen molar-refractivity contribution in [2.24, 2.45) is 5.10 Å². The number of benzene rings is 3. The van der Waals surface area contributed by atoms with Crippen LogP contribution in [0.2, 0.25) is 0 Å². The number of carboxylic acid groups (broad SMARTS) is 1. The lowest BCUT2D eigenvalue weighted by Gasteiger charge is -2.09. The fraction of sp³-hybridized carbons (Fsp3) is 0. The van der Waals surface area contributed by atoms with Crippen LogP contribution in [-0.4, -0.2) is 23.1 Å². The molecule has 0 spiro atoms. The number of pyridine rings is 1. The van der Waals surface area contributed by atoms with Crippen molar-refractivity contribution >= 4 is 29.0 Å². The maximum atomic E-state index is 12.9. The predicted octanol–water partition coefficient (Wildman–Crippen LogP) is 3.03. The third-order valence-corrected chi connectivity index (χ3v) is 4.58. The van der Waals surface area contributed by atoms with Gasteiger partial charge in [0.1, 0.15) is 0 Å². The van der Waals surface area contributed by atoms with Gasteiger partial charge in [-0.05, 0) is 12.1 Å². The molecule has 0 unspecified atom stereocenters. The Kier molecular flexibility index (Phi) is 5.30. The van der Waals surface area contributed by atoms with Gasteiger partial charge in [-0.1, -0.05) is 72.8 Å². The Morgan fingerprint density at radius 2 is 1.57 bits per heavy atom. The quantitative estimate of drug-likeness (QED) is 0.416. The predicted molar refractivity (Wildman–Crippen MR) is 113 cm³/mol. The molecule has 1 N–H and O–H groups in total. The zero-order chi connectivity index (χ0) is 20.9. The van der Waals surface area contributed by atoms with E-state index in [1.54, 1.807) is 24.3 Å². The topological polar surface area (TPSA) is 94.5 Å². The number of para-hydroxylation sites is 1. The molecule has 6 heteroatoms. The monoisotopic (exact) mass is 394 g/mol. The third kappa shape index (κ3) is 3.93. The Balaban J connectivity index is 1.67. The number of carbonyl (C=O) groups excluding carboxylic acids is 2. The number of aromatic nitrogens is 1. The molecular weight excluding hydrogens is 378 g/mol. The molecule has 6 nitrogen and oxygen atoms in total. The summed E-state index contributed by atoms with van der Waals surface area (Å²) in [4.78, 5) is 28.7. The van der Waals surface area contributed by atoms with Crippen LogP contribution >= 0.6 is 0 Å². The minimum Gasteiger partial charge on any atom is -0.545 e. The van der Waals surface area contributed by atoms with Crippen LogP contribution in [0.3, 0.4) is 0 Å². The number of hydrogen-bond acceptors (Lipinski definition) is 5. The summed E-state index contributed by atoms with van der Waals surface area (Å²) in [5, 5.41) is 15.8. The van der Waals surface area contributed by atoms with Gasteiger partial charge in [0.05, 0.1) is 29.0 Å². The van der Waals surface area contributed by atoms with Crippen LogP contribution in [0.25, 0.3) is 22.2 Å². The molecule has 1 heterocycles. The molecule has 0 bridgehead atoms. The summed E-state index contributed by atoms with van der Waals surface area (Å²) in [5.41, 5.74) is 5.48. The number of aromatic carboxylic acids is 1. The van der Waals surface area contributed by atoms with Crippen molar-refractivity contribution in [2.45, 2.75) is 0 Å². The average Bonchev–Trinajstić information content (AvgIpc) is 2.79. The first-order chi connectivity index (χ1) is 14.6. The van der Waals surface area contributed by atoms with Gasteiger partial charge >= 0.3 is 0 Å². The second-order valence-corrected chi connectivity index (χ2v) is 6.51. The number of hydrogen-bond donors (Lipinski definition) is 1. The van der Waals surface area contributed by atoms with Crippen molar-refractivity contribution < 1.29 is 14.7 Å². The SMILES string of the molecule is O=C([O-])c1ccccc1C=NNC(=O)c1cc(-c2ccccc2)nc2ccccc12. The molecule has 0 aliphatic carbocycles. The molecule has 3 aromatic carbocycles. The van der Waals surface area contributed by atoms with E-state index < -0.39 is 11.9 Å². The molecule has 4 aromatic rings. The Morgan fingerprint density at radius 3 is 2.37 bits per heavy atom. The lowest BCUT2D eigenvalue weighted by molar-refractivity contribution is -0.255. The lowest BCUT2D eigenvalue weighted by atomic mass is 10.0. The van der Waals surface area contributed by atoms with E-state index in [9.17, 15) is 14.7 Å². The van der Waals surface area contributed by atoms with E-state index in [1.807, 2.05) is 54.6 Å². The molecule has 30 heavy (non-hydrogen) atoms. The highest BCUT2D eigenvalue weighted by atomic mass is 16.4. The van der Waals surface area contributed by atoms with Crippen molar-refractivity contribution in [2.75, 3.05) is 0 Å². The highest BCUT2D eigenvalue weighted by Gasteiger charge is 2.13. The number of amides is 1. The van der Waals surface area contributed by atoms with Gasteiger partial charge in [0.25, 0.3) is 5.91 Å². The fourth-order valence-corrected chi connectivity index (χ4v) is 3.14. The van der Waals surface area contributed by atoms with Crippen LogP contribution in [0.1, 0.15) is 26.3 Å². The van der Waals surface area contributed by atoms with Crippen LogP contribution in [0, 0.1) is 0 Å². The highest BCUT2D eigenvalue weighted by Crippen LogP contribution is 2.24. The molecule has 1 aromatic heterocycles. The summed E-state index contributed by atoms with van der Waals surface area (Å²) in [6.45, 7) is 0. The Morgan fingerprint density at radius 1 is 0.867 bits per heavy atom. The molecule has 0 saturated heterocycles. The van der Waals surface area contributed by atoms with Gasteiger partial charge in [-0.25, -0.2) is 10.4 Å². The van der Waals surface area contributed by atoms with Crippen molar-refractivity contribution in [3.63, 3.8) is 0 Å². The Bertz CT molecular complexity index is 1270. The van der Waals surface area contributed by atoms with Crippen LogP contribution in [0.4, 0.5) is 0 Å². The normalized spacial score (nSPS) is 10.9. The summed E-state index contributed by atoms with van der Waals surface area (Å²) < 4.78 is 0. The Labute approximate surface area is 172 Å². The summed E-state index contributed by atoms with van der Waals surface area (Å²) in [6, 6.07) is 24.9. The minimum absolute atomic E-state index is 0.00350.